The molecular formula is C27H36N6O. The van der Waals surface area contributed by atoms with E-state index in [2.05, 4.69) is 37.9 Å². The van der Waals surface area contributed by atoms with E-state index in [1.54, 1.807) is 25.5 Å². The lowest BCUT2D eigenvalue weighted by Crippen LogP contribution is -2.49. The number of benzene rings is 1. The molecule has 7 nitrogen and oxygen atoms in total. The molecule has 34 heavy (non-hydrogen) atoms. The van der Waals surface area contributed by atoms with Crippen LogP contribution in [0, 0.1) is 0 Å². The molecule has 7 heteroatoms. The Balaban J connectivity index is 0.000000192. The Labute approximate surface area is 203 Å². The maximum absolute atomic E-state index is 11.5. The van der Waals surface area contributed by atoms with Crippen LogP contribution in [0.5, 0.6) is 0 Å². The first-order chi connectivity index (χ1) is 16.6. The fraction of sp³-hybridized carbons (Fsp3) is 0.444. The molecule has 0 spiro atoms. The van der Waals surface area contributed by atoms with Gasteiger partial charge >= 0.3 is 0 Å². The third-order valence-electron chi connectivity index (χ3n) is 6.04. The van der Waals surface area contributed by atoms with E-state index in [9.17, 15) is 4.79 Å². The Kier molecular flexibility index (Phi) is 9.95. The Morgan fingerprint density at radius 2 is 1.71 bits per heavy atom. The molecule has 1 saturated heterocycles. The highest BCUT2D eigenvalue weighted by atomic mass is 16.2. The SMILES string of the molecule is CCC(=O)N1CCN(c2ncccn2)CC1.CN=C(N=C(C)C1=CCCCC1)c1ccccc1. The van der Waals surface area contributed by atoms with E-state index < -0.39 is 0 Å². The first-order valence-electron chi connectivity index (χ1n) is 12.2. The van der Waals surface area contributed by atoms with Crippen molar-refractivity contribution in [1.29, 1.82) is 0 Å². The summed E-state index contributed by atoms with van der Waals surface area (Å²) in [4.78, 5) is 32.9. The fourth-order valence-corrected chi connectivity index (χ4v) is 4.06. The Morgan fingerprint density at radius 3 is 2.29 bits per heavy atom. The van der Waals surface area contributed by atoms with Gasteiger partial charge in [0.05, 0.1) is 0 Å². The van der Waals surface area contributed by atoms with E-state index in [1.807, 2.05) is 42.2 Å². The molecule has 4 rings (SSSR count). The van der Waals surface area contributed by atoms with Crippen LogP contribution in [-0.2, 0) is 4.79 Å². The highest BCUT2D eigenvalue weighted by Gasteiger charge is 2.21. The summed E-state index contributed by atoms with van der Waals surface area (Å²) >= 11 is 0. The van der Waals surface area contributed by atoms with Crippen molar-refractivity contribution < 1.29 is 4.79 Å². The van der Waals surface area contributed by atoms with E-state index in [0.29, 0.717) is 6.42 Å². The van der Waals surface area contributed by atoms with Crippen LogP contribution in [0.25, 0.3) is 0 Å². The van der Waals surface area contributed by atoms with Gasteiger partial charge in [-0.05, 0) is 44.2 Å². The molecule has 0 unspecified atom stereocenters. The topological polar surface area (TPSA) is 74.1 Å². The number of aliphatic imine (C=N–C) groups is 2. The second kappa shape index (κ2) is 13.4. The van der Waals surface area contributed by atoms with Gasteiger partial charge in [0.15, 0.2) is 5.84 Å². The molecule has 0 N–H and O–H groups in total. The molecule has 1 aliphatic heterocycles. The van der Waals surface area contributed by atoms with Crippen molar-refractivity contribution in [2.24, 2.45) is 9.98 Å². The van der Waals surface area contributed by atoms with Crippen LogP contribution in [0.15, 0.2) is 70.4 Å². The number of anilines is 1. The molecular weight excluding hydrogens is 424 g/mol. The number of allylic oxidation sites excluding steroid dienone is 2. The number of amidine groups is 1. The van der Waals surface area contributed by atoms with E-state index in [0.717, 1.165) is 55.7 Å². The summed E-state index contributed by atoms with van der Waals surface area (Å²) in [6.07, 6.45) is 11.3. The third kappa shape index (κ3) is 7.33. The Morgan fingerprint density at radius 1 is 1.00 bits per heavy atom. The molecule has 1 amide bonds. The lowest BCUT2D eigenvalue weighted by atomic mass is 9.96. The first-order valence-corrected chi connectivity index (χ1v) is 12.2. The molecule has 1 fully saturated rings. The maximum atomic E-state index is 11.5. The monoisotopic (exact) mass is 460 g/mol. The third-order valence-corrected chi connectivity index (χ3v) is 6.04. The minimum Gasteiger partial charge on any atom is -0.339 e. The molecule has 0 atom stereocenters. The zero-order valence-electron chi connectivity index (χ0n) is 20.7. The lowest BCUT2D eigenvalue weighted by Gasteiger charge is -2.34. The second-order valence-corrected chi connectivity index (χ2v) is 8.36. The average Bonchev–Trinajstić information content (AvgIpc) is 2.93. The number of hydrogen-bond donors (Lipinski definition) is 0. The second-order valence-electron chi connectivity index (χ2n) is 8.36. The van der Waals surface area contributed by atoms with Crippen LogP contribution >= 0.6 is 0 Å². The normalized spacial score (nSPS) is 17.0. The largest absolute Gasteiger partial charge is 0.339 e. The van der Waals surface area contributed by atoms with Gasteiger partial charge in [0, 0.05) is 63.3 Å². The minimum atomic E-state index is 0.230. The van der Waals surface area contributed by atoms with Crippen molar-refractivity contribution in [3.05, 3.63) is 66.0 Å². The van der Waals surface area contributed by atoms with Gasteiger partial charge in [0.25, 0.3) is 0 Å². The molecule has 2 aromatic rings. The van der Waals surface area contributed by atoms with Crippen molar-refractivity contribution in [2.75, 3.05) is 38.1 Å². The highest BCUT2D eigenvalue weighted by molar-refractivity contribution is 6.11. The molecule has 180 valence electrons. The standard InChI is InChI=1S/C16H20N2.C11H16N4O/c1-13(14-9-5-3-6-10-14)18-16(17-2)15-11-7-4-8-12-15;1-2-10(16)14-6-8-15(9-7-14)11-12-4-3-5-13-11/h4,7-9,11-12H,3,5-6,10H2,1-2H3;3-5H,2,6-9H2,1H3. The van der Waals surface area contributed by atoms with Crippen LogP contribution < -0.4 is 4.90 Å². The summed E-state index contributed by atoms with van der Waals surface area (Å²) in [7, 11) is 1.80. The van der Waals surface area contributed by atoms with Gasteiger partial charge in [-0.25, -0.2) is 15.0 Å². The van der Waals surface area contributed by atoms with Crippen LogP contribution in [0.2, 0.25) is 0 Å². The summed E-state index contributed by atoms with van der Waals surface area (Å²) in [5.74, 6) is 1.80. The van der Waals surface area contributed by atoms with E-state index in [1.165, 1.54) is 24.8 Å². The molecule has 0 radical (unpaired) electrons. The van der Waals surface area contributed by atoms with Crippen LogP contribution in [0.4, 0.5) is 5.95 Å². The van der Waals surface area contributed by atoms with Crippen LogP contribution in [0.1, 0.15) is 51.5 Å². The van der Waals surface area contributed by atoms with Crippen molar-refractivity contribution in [3.63, 3.8) is 0 Å². The highest BCUT2D eigenvalue weighted by Crippen LogP contribution is 2.19. The van der Waals surface area contributed by atoms with Gasteiger partial charge in [-0.1, -0.05) is 43.3 Å². The van der Waals surface area contributed by atoms with Gasteiger partial charge in [0.1, 0.15) is 0 Å². The van der Waals surface area contributed by atoms with Gasteiger partial charge in [-0.15, -0.1) is 0 Å². The molecule has 2 heterocycles. The molecule has 1 aromatic heterocycles. The number of carbonyl (C=O) groups is 1. The number of carbonyl (C=O) groups excluding carboxylic acids is 1. The summed E-state index contributed by atoms with van der Waals surface area (Å²) in [5, 5.41) is 0. The average molecular weight is 461 g/mol. The van der Waals surface area contributed by atoms with Crippen LogP contribution in [-0.4, -0.2) is 65.5 Å². The predicted octanol–water partition coefficient (Wildman–Crippen LogP) is 4.56. The summed E-state index contributed by atoms with van der Waals surface area (Å²) in [6, 6.07) is 12.0. The lowest BCUT2D eigenvalue weighted by molar-refractivity contribution is -0.131. The summed E-state index contributed by atoms with van der Waals surface area (Å²) < 4.78 is 0. The van der Waals surface area contributed by atoms with Crippen LogP contribution in [0.3, 0.4) is 0 Å². The van der Waals surface area contributed by atoms with E-state index in [-0.39, 0.29) is 5.91 Å². The van der Waals surface area contributed by atoms with Crippen molar-refractivity contribution in [1.82, 2.24) is 14.9 Å². The first kappa shape index (κ1) is 25.3. The van der Waals surface area contributed by atoms with E-state index in [4.69, 9.17) is 0 Å². The van der Waals surface area contributed by atoms with Gasteiger partial charge in [-0.2, -0.15) is 0 Å². The Bertz CT molecular complexity index is 992. The Hall–Kier alpha value is -3.35. The van der Waals surface area contributed by atoms with Gasteiger partial charge in [0.2, 0.25) is 11.9 Å². The molecule has 0 bridgehead atoms. The molecule has 1 aliphatic carbocycles. The quantitative estimate of drug-likeness (QED) is 0.495. The summed E-state index contributed by atoms with van der Waals surface area (Å²) in [6.45, 7) is 7.15. The minimum absolute atomic E-state index is 0.230. The van der Waals surface area contributed by atoms with Gasteiger partial charge in [-0.3, -0.25) is 9.79 Å². The smallest absolute Gasteiger partial charge is 0.225 e. The zero-order valence-corrected chi connectivity index (χ0v) is 20.7. The fourth-order valence-electron chi connectivity index (χ4n) is 4.06. The number of hydrogen-bond acceptors (Lipinski definition) is 5. The molecule has 2 aliphatic rings. The number of rotatable bonds is 4. The van der Waals surface area contributed by atoms with Crippen molar-refractivity contribution in [2.45, 2.75) is 46.0 Å². The van der Waals surface area contributed by atoms with Crippen molar-refractivity contribution >= 4 is 23.4 Å². The summed E-state index contributed by atoms with van der Waals surface area (Å²) in [5.41, 5.74) is 3.58. The zero-order chi connectivity index (χ0) is 24.2. The van der Waals surface area contributed by atoms with Crippen molar-refractivity contribution in [3.8, 4) is 0 Å². The predicted molar refractivity (Wildman–Crippen MR) is 140 cm³/mol. The maximum Gasteiger partial charge on any atom is 0.225 e. The molecule has 0 saturated carbocycles. The number of amides is 1. The number of aromatic nitrogens is 2. The van der Waals surface area contributed by atoms with Gasteiger partial charge < -0.3 is 9.80 Å². The number of piperazine rings is 1. The van der Waals surface area contributed by atoms with E-state index >= 15 is 0 Å². The number of nitrogens with zero attached hydrogens (tertiary/aromatic N) is 6. The molecule has 1 aromatic carbocycles.